The predicted octanol–water partition coefficient (Wildman–Crippen LogP) is 0.746. The molecule has 0 saturated carbocycles. The van der Waals surface area contributed by atoms with Gasteiger partial charge in [-0.2, -0.15) is 0 Å². The molecule has 1 N–H and O–H groups in total. The number of hydrogen-bond acceptors (Lipinski definition) is 4. The number of rotatable bonds is 6. The molecule has 0 aromatic carbocycles. The van der Waals surface area contributed by atoms with E-state index in [0.717, 1.165) is 0 Å². The van der Waals surface area contributed by atoms with E-state index in [-0.39, 0.29) is 5.92 Å². The standard InChI is InChI=1S/C8H15NO4/c1-6(2)7(4-12-3)9-13-5-8(10)11/h6H,4-5H2,1-3H3,(H,10,11). The highest BCUT2D eigenvalue weighted by molar-refractivity contribution is 5.87. The van der Waals surface area contributed by atoms with Crippen LogP contribution >= 0.6 is 0 Å². The first kappa shape index (κ1) is 11.9. The van der Waals surface area contributed by atoms with Gasteiger partial charge in [0.2, 0.25) is 6.61 Å². The number of ether oxygens (including phenoxy) is 1. The van der Waals surface area contributed by atoms with E-state index in [1.165, 1.54) is 0 Å². The second kappa shape index (κ2) is 6.42. The number of hydrogen-bond donors (Lipinski definition) is 1. The van der Waals surface area contributed by atoms with Crippen LogP contribution in [0.4, 0.5) is 0 Å². The molecule has 5 heteroatoms. The molecule has 0 aliphatic rings. The summed E-state index contributed by atoms with van der Waals surface area (Å²) in [5.41, 5.74) is 0.698. The summed E-state index contributed by atoms with van der Waals surface area (Å²) in [6.45, 7) is 3.81. The second-order valence-electron chi connectivity index (χ2n) is 2.84. The van der Waals surface area contributed by atoms with E-state index < -0.39 is 12.6 Å². The molecule has 0 unspecified atom stereocenters. The van der Waals surface area contributed by atoms with Crippen LogP contribution in [0.1, 0.15) is 13.8 Å². The minimum Gasteiger partial charge on any atom is -0.479 e. The summed E-state index contributed by atoms with van der Waals surface area (Å²) in [5, 5.41) is 11.9. The number of oxime groups is 1. The SMILES string of the molecule is COCC(=NOCC(=O)O)C(C)C. The topological polar surface area (TPSA) is 68.1 Å². The molecule has 0 saturated heterocycles. The van der Waals surface area contributed by atoms with Gasteiger partial charge in [-0.05, 0) is 5.92 Å². The summed E-state index contributed by atoms with van der Waals surface area (Å²) < 4.78 is 4.86. The van der Waals surface area contributed by atoms with Crippen LogP contribution in [0.5, 0.6) is 0 Å². The van der Waals surface area contributed by atoms with Gasteiger partial charge in [-0.25, -0.2) is 4.79 Å². The van der Waals surface area contributed by atoms with Gasteiger partial charge >= 0.3 is 5.97 Å². The van der Waals surface area contributed by atoms with Crippen LogP contribution in [0.15, 0.2) is 5.16 Å². The van der Waals surface area contributed by atoms with Crippen molar-refractivity contribution in [2.75, 3.05) is 20.3 Å². The maximum absolute atomic E-state index is 10.1. The molecule has 5 nitrogen and oxygen atoms in total. The first-order chi connectivity index (χ1) is 6.07. The fourth-order valence-electron chi connectivity index (χ4n) is 0.617. The number of carboxylic acids is 1. The Bertz CT molecular complexity index is 189. The number of carboxylic acid groups (broad SMARTS) is 1. The van der Waals surface area contributed by atoms with Crippen molar-refractivity contribution in [1.29, 1.82) is 0 Å². The van der Waals surface area contributed by atoms with Crippen LogP contribution in [0.25, 0.3) is 0 Å². The number of carbonyl (C=O) groups is 1. The minimum atomic E-state index is -1.04. The largest absolute Gasteiger partial charge is 0.479 e. The molecule has 0 rings (SSSR count). The van der Waals surface area contributed by atoms with Gasteiger partial charge in [0, 0.05) is 7.11 Å². The maximum Gasteiger partial charge on any atom is 0.344 e. The summed E-state index contributed by atoms with van der Waals surface area (Å²) >= 11 is 0. The highest BCUT2D eigenvalue weighted by atomic mass is 16.6. The summed E-state index contributed by atoms with van der Waals surface area (Å²) in [6, 6.07) is 0. The summed E-state index contributed by atoms with van der Waals surface area (Å²) in [7, 11) is 1.55. The normalized spacial score (nSPS) is 11.8. The minimum absolute atomic E-state index is 0.189. The molecule has 13 heavy (non-hydrogen) atoms. The first-order valence-corrected chi connectivity index (χ1v) is 3.97. The van der Waals surface area contributed by atoms with Crippen molar-refractivity contribution in [3.63, 3.8) is 0 Å². The van der Waals surface area contributed by atoms with Gasteiger partial charge in [-0.15, -0.1) is 0 Å². The van der Waals surface area contributed by atoms with Gasteiger partial charge in [-0.3, -0.25) is 0 Å². The van der Waals surface area contributed by atoms with Gasteiger partial charge in [0.1, 0.15) is 0 Å². The van der Waals surface area contributed by atoms with Crippen LogP contribution in [0.3, 0.4) is 0 Å². The lowest BCUT2D eigenvalue weighted by atomic mass is 10.1. The Hall–Kier alpha value is -1.10. The highest BCUT2D eigenvalue weighted by Crippen LogP contribution is 1.98. The Morgan fingerprint density at radius 1 is 1.46 bits per heavy atom. The zero-order valence-electron chi connectivity index (χ0n) is 8.11. The molecule has 0 aliphatic carbocycles. The van der Waals surface area contributed by atoms with Crippen molar-refractivity contribution in [3.8, 4) is 0 Å². The molecule has 0 radical (unpaired) electrons. The van der Waals surface area contributed by atoms with Crippen molar-refractivity contribution in [2.45, 2.75) is 13.8 Å². The molecule has 0 aliphatic heterocycles. The summed E-state index contributed by atoms with van der Waals surface area (Å²) in [6.07, 6.45) is 0. The van der Waals surface area contributed by atoms with Crippen molar-refractivity contribution in [1.82, 2.24) is 0 Å². The average molecular weight is 189 g/mol. The van der Waals surface area contributed by atoms with Crippen molar-refractivity contribution >= 4 is 11.7 Å². The molecule has 0 amide bonds. The monoisotopic (exact) mass is 189 g/mol. The Morgan fingerprint density at radius 3 is 2.46 bits per heavy atom. The number of aliphatic carboxylic acids is 1. The second-order valence-corrected chi connectivity index (χ2v) is 2.84. The lowest BCUT2D eigenvalue weighted by Crippen LogP contribution is -2.16. The van der Waals surface area contributed by atoms with Crippen molar-refractivity contribution < 1.29 is 19.5 Å². The van der Waals surface area contributed by atoms with Crippen LogP contribution in [-0.2, 0) is 14.4 Å². The smallest absolute Gasteiger partial charge is 0.344 e. The third-order valence-electron chi connectivity index (χ3n) is 1.33. The molecule has 0 aromatic heterocycles. The van der Waals surface area contributed by atoms with Gasteiger partial charge in [0.25, 0.3) is 0 Å². The lowest BCUT2D eigenvalue weighted by Gasteiger charge is -2.07. The Kier molecular flexibility index (Phi) is 5.88. The fraction of sp³-hybridized carbons (Fsp3) is 0.750. The quantitative estimate of drug-likeness (QED) is 0.494. The molecular formula is C8H15NO4. The van der Waals surface area contributed by atoms with E-state index >= 15 is 0 Å². The van der Waals surface area contributed by atoms with E-state index in [1.54, 1.807) is 7.11 Å². The molecule has 0 spiro atoms. The van der Waals surface area contributed by atoms with Crippen LogP contribution in [0.2, 0.25) is 0 Å². The Labute approximate surface area is 77.3 Å². The Balaban J connectivity index is 3.96. The summed E-state index contributed by atoms with van der Waals surface area (Å²) in [5.74, 6) is -0.849. The van der Waals surface area contributed by atoms with Crippen molar-refractivity contribution in [3.05, 3.63) is 0 Å². The molecule has 0 heterocycles. The molecule has 0 fully saturated rings. The predicted molar refractivity (Wildman–Crippen MR) is 47.7 cm³/mol. The average Bonchev–Trinajstić information content (AvgIpc) is 2.02. The summed E-state index contributed by atoms with van der Waals surface area (Å²) in [4.78, 5) is 14.7. The maximum atomic E-state index is 10.1. The van der Waals surface area contributed by atoms with Crippen LogP contribution in [-0.4, -0.2) is 37.1 Å². The van der Waals surface area contributed by atoms with E-state index in [4.69, 9.17) is 9.84 Å². The Morgan fingerprint density at radius 2 is 2.08 bits per heavy atom. The molecule has 0 bridgehead atoms. The van der Waals surface area contributed by atoms with E-state index in [0.29, 0.717) is 12.3 Å². The van der Waals surface area contributed by atoms with Gasteiger partial charge in [0.05, 0.1) is 12.3 Å². The van der Waals surface area contributed by atoms with Gasteiger partial charge < -0.3 is 14.7 Å². The van der Waals surface area contributed by atoms with E-state index in [9.17, 15) is 4.79 Å². The molecular weight excluding hydrogens is 174 g/mol. The van der Waals surface area contributed by atoms with Crippen molar-refractivity contribution in [2.24, 2.45) is 11.1 Å². The highest BCUT2D eigenvalue weighted by Gasteiger charge is 2.05. The van der Waals surface area contributed by atoms with Gasteiger partial charge in [0.15, 0.2) is 0 Å². The zero-order valence-corrected chi connectivity index (χ0v) is 8.11. The number of methoxy groups -OCH3 is 1. The fourth-order valence-corrected chi connectivity index (χ4v) is 0.617. The molecule has 0 atom stereocenters. The first-order valence-electron chi connectivity index (χ1n) is 3.97. The molecule has 0 aromatic rings. The lowest BCUT2D eigenvalue weighted by molar-refractivity contribution is -0.142. The van der Waals surface area contributed by atoms with Crippen LogP contribution < -0.4 is 0 Å². The van der Waals surface area contributed by atoms with E-state index in [1.807, 2.05) is 13.8 Å². The number of nitrogens with zero attached hydrogens (tertiary/aromatic N) is 1. The molecule has 76 valence electrons. The van der Waals surface area contributed by atoms with Crippen LogP contribution in [0, 0.1) is 5.92 Å². The third kappa shape index (κ3) is 6.10. The zero-order chi connectivity index (χ0) is 10.3. The van der Waals surface area contributed by atoms with Gasteiger partial charge in [-0.1, -0.05) is 19.0 Å². The van der Waals surface area contributed by atoms with E-state index in [2.05, 4.69) is 9.99 Å². The third-order valence-corrected chi connectivity index (χ3v) is 1.33.